The highest BCUT2D eigenvalue weighted by Crippen LogP contribution is 2.32. The molecule has 0 saturated heterocycles. The van der Waals surface area contributed by atoms with Gasteiger partial charge in [0.25, 0.3) is 0 Å². The zero-order valence-electron chi connectivity index (χ0n) is 16.5. The molecule has 174 valence electrons. The lowest BCUT2D eigenvalue weighted by atomic mass is 9.93. The van der Waals surface area contributed by atoms with E-state index in [1.165, 1.54) is 12.1 Å². The van der Waals surface area contributed by atoms with E-state index in [0.29, 0.717) is 43.6 Å². The third-order valence-corrected chi connectivity index (χ3v) is 4.98. The average Bonchev–Trinajstić information content (AvgIpc) is 2.68. The number of carbonyl (C=O) groups excluding carboxylic acids is 1. The van der Waals surface area contributed by atoms with Crippen LogP contribution in [0.5, 0.6) is 5.75 Å². The summed E-state index contributed by atoms with van der Waals surface area (Å²) >= 11 is 0. The molecule has 0 heterocycles. The third kappa shape index (κ3) is 6.51. The van der Waals surface area contributed by atoms with Crippen molar-refractivity contribution in [2.45, 2.75) is 50.2 Å². The first kappa shape index (κ1) is 23.7. The van der Waals surface area contributed by atoms with Crippen LogP contribution >= 0.6 is 0 Å². The second kappa shape index (κ2) is 9.25. The molecule has 1 aliphatic carbocycles. The molecule has 32 heavy (non-hydrogen) atoms. The summed E-state index contributed by atoms with van der Waals surface area (Å²) in [6, 6.07) is 5.06. The van der Waals surface area contributed by atoms with Crippen molar-refractivity contribution in [3.63, 3.8) is 0 Å². The number of alkyl halides is 6. The number of nitrogens with one attached hydrogen (secondary N) is 2. The molecule has 0 unspecified atom stereocenters. The largest absolute Gasteiger partial charge is 0.490 e. The molecule has 2 aromatic carbocycles. The van der Waals surface area contributed by atoms with Crippen LogP contribution < -0.4 is 15.4 Å². The molecule has 0 radical (unpaired) electrons. The predicted molar refractivity (Wildman–Crippen MR) is 102 cm³/mol. The van der Waals surface area contributed by atoms with Gasteiger partial charge in [0.15, 0.2) is 0 Å². The molecule has 0 bridgehead atoms. The monoisotopic (exact) mass is 464 g/mol. The van der Waals surface area contributed by atoms with Crippen LogP contribution in [0.4, 0.5) is 41.2 Å². The highest BCUT2D eigenvalue weighted by atomic mass is 19.4. The molecule has 2 amide bonds. The van der Waals surface area contributed by atoms with Gasteiger partial charge in [0.1, 0.15) is 11.6 Å². The summed E-state index contributed by atoms with van der Waals surface area (Å²) in [7, 11) is 0. The second-order valence-electron chi connectivity index (χ2n) is 7.44. The van der Waals surface area contributed by atoms with Gasteiger partial charge in [0, 0.05) is 11.7 Å². The summed E-state index contributed by atoms with van der Waals surface area (Å²) in [6.07, 6.45) is -7.40. The standard InChI is InChI=1S/C21H19F7N2O2/c22-14-9-13(21(26,27)28)10-16(11-14)30-19(31)29-15-3-7-18(8-4-15)32-17-5-1-12(2-6-17)20(23,24)25/h1-2,5-6,9-11,15,18H,3-4,7-8H2,(H2,29,30,31)/t15-,18-. The van der Waals surface area contributed by atoms with E-state index in [1.807, 2.05) is 0 Å². The first-order chi connectivity index (χ1) is 14.9. The van der Waals surface area contributed by atoms with Gasteiger partial charge in [0.05, 0.1) is 17.2 Å². The van der Waals surface area contributed by atoms with Gasteiger partial charge in [-0.05, 0) is 68.1 Å². The zero-order chi connectivity index (χ0) is 23.5. The summed E-state index contributed by atoms with van der Waals surface area (Å²) in [6.45, 7) is 0. The van der Waals surface area contributed by atoms with E-state index < -0.39 is 35.3 Å². The van der Waals surface area contributed by atoms with Gasteiger partial charge >= 0.3 is 18.4 Å². The smallest absolute Gasteiger partial charge is 0.416 e. The summed E-state index contributed by atoms with van der Waals surface area (Å²) in [5.41, 5.74) is -2.31. The number of hydrogen-bond acceptors (Lipinski definition) is 2. The van der Waals surface area contributed by atoms with Crippen LogP contribution in [0.2, 0.25) is 0 Å². The minimum atomic E-state index is -4.75. The maximum Gasteiger partial charge on any atom is 0.416 e. The van der Waals surface area contributed by atoms with Crippen LogP contribution in [-0.2, 0) is 12.4 Å². The molecule has 0 aliphatic heterocycles. The number of anilines is 1. The molecule has 3 rings (SSSR count). The first-order valence-corrected chi connectivity index (χ1v) is 9.69. The van der Waals surface area contributed by atoms with Gasteiger partial charge in [-0.25, -0.2) is 9.18 Å². The van der Waals surface area contributed by atoms with Crippen molar-refractivity contribution in [1.29, 1.82) is 0 Å². The van der Waals surface area contributed by atoms with E-state index in [0.717, 1.165) is 18.2 Å². The topological polar surface area (TPSA) is 50.4 Å². The molecule has 2 N–H and O–H groups in total. The van der Waals surface area contributed by atoms with Crippen LogP contribution in [0.1, 0.15) is 36.8 Å². The maximum absolute atomic E-state index is 13.4. The minimum Gasteiger partial charge on any atom is -0.490 e. The van der Waals surface area contributed by atoms with Crippen LogP contribution in [0.3, 0.4) is 0 Å². The van der Waals surface area contributed by atoms with E-state index in [4.69, 9.17) is 4.74 Å². The van der Waals surface area contributed by atoms with Crippen molar-refractivity contribution in [3.05, 3.63) is 59.4 Å². The Labute approximate surface area is 178 Å². The number of benzene rings is 2. The van der Waals surface area contributed by atoms with Gasteiger partial charge in [-0.3, -0.25) is 0 Å². The fraction of sp³-hybridized carbons (Fsp3) is 0.381. The Bertz CT molecular complexity index is 935. The number of hydrogen-bond donors (Lipinski definition) is 2. The quantitative estimate of drug-likeness (QED) is 0.517. The Morgan fingerprint density at radius 3 is 2.00 bits per heavy atom. The first-order valence-electron chi connectivity index (χ1n) is 9.69. The Kier molecular flexibility index (Phi) is 6.85. The Morgan fingerprint density at radius 2 is 1.44 bits per heavy atom. The molecule has 2 aromatic rings. The molecule has 0 atom stereocenters. The molecule has 1 fully saturated rings. The van der Waals surface area contributed by atoms with Crippen molar-refractivity contribution in [2.75, 3.05) is 5.32 Å². The van der Waals surface area contributed by atoms with Crippen molar-refractivity contribution >= 4 is 11.7 Å². The van der Waals surface area contributed by atoms with E-state index in [9.17, 15) is 35.5 Å². The molecular weight excluding hydrogens is 445 g/mol. The number of carbonyl (C=O) groups is 1. The normalized spacial score (nSPS) is 19.3. The van der Waals surface area contributed by atoms with Gasteiger partial charge in [-0.2, -0.15) is 26.3 Å². The van der Waals surface area contributed by atoms with E-state index in [-0.39, 0.29) is 17.8 Å². The molecular formula is C21H19F7N2O2. The van der Waals surface area contributed by atoms with Gasteiger partial charge in [-0.15, -0.1) is 0 Å². The molecule has 0 aromatic heterocycles. The number of ether oxygens (including phenoxy) is 1. The van der Waals surface area contributed by atoms with E-state index in [2.05, 4.69) is 10.6 Å². The maximum atomic E-state index is 13.4. The summed E-state index contributed by atoms with van der Waals surface area (Å²) in [5.74, 6) is -0.824. The van der Waals surface area contributed by atoms with Gasteiger partial charge in [-0.1, -0.05) is 0 Å². The summed E-state index contributed by atoms with van der Waals surface area (Å²) < 4.78 is 95.2. The van der Waals surface area contributed by atoms with Crippen LogP contribution in [0, 0.1) is 5.82 Å². The van der Waals surface area contributed by atoms with Crippen molar-refractivity contribution in [2.24, 2.45) is 0 Å². The highest BCUT2D eigenvalue weighted by molar-refractivity contribution is 5.89. The zero-order valence-corrected chi connectivity index (χ0v) is 16.5. The van der Waals surface area contributed by atoms with Gasteiger partial charge in [0.2, 0.25) is 0 Å². The molecule has 4 nitrogen and oxygen atoms in total. The fourth-order valence-electron chi connectivity index (χ4n) is 3.42. The lowest BCUT2D eigenvalue weighted by Crippen LogP contribution is -2.41. The van der Waals surface area contributed by atoms with Crippen LogP contribution in [0.25, 0.3) is 0 Å². The highest BCUT2D eigenvalue weighted by Gasteiger charge is 2.32. The fourth-order valence-corrected chi connectivity index (χ4v) is 3.42. The molecule has 11 heteroatoms. The van der Waals surface area contributed by atoms with E-state index >= 15 is 0 Å². The summed E-state index contributed by atoms with van der Waals surface area (Å²) in [4.78, 5) is 12.1. The molecule has 0 spiro atoms. The van der Waals surface area contributed by atoms with Crippen molar-refractivity contribution in [3.8, 4) is 5.75 Å². The Balaban J connectivity index is 1.48. The number of rotatable bonds is 4. The van der Waals surface area contributed by atoms with Crippen LogP contribution in [0.15, 0.2) is 42.5 Å². The SMILES string of the molecule is O=C(Nc1cc(F)cc(C(F)(F)F)c1)N[C@H]1CC[C@H](Oc2ccc(C(F)(F)F)cc2)CC1. The predicted octanol–water partition coefficient (Wildman–Crippen LogP) is 6.38. The lowest BCUT2D eigenvalue weighted by molar-refractivity contribution is -0.138. The number of halogens is 7. The van der Waals surface area contributed by atoms with Crippen molar-refractivity contribution < 1.29 is 40.3 Å². The number of urea groups is 1. The Hall–Kier alpha value is -2.98. The average molecular weight is 464 g/mol. The Morgan fingerprint density at radius 1 is 0.844 bits per heavy atom. The minimum absolute atomic E-state index is 0.245. The lowest BCUT2D eigenvalue weighted by Gasteiger charge is -2.29. The van der Waals surface area contributed by atoms with Gasteiger partial charge < -0.3 is 15.4 Å². The van der Waals surface area contributed by atoms with Crippen LogP contribution in [-0.4, -0.2) is 18.2 Å². The molecule has 1 saturated carbocycles. The molecule has 1 aliphatic rings. The summed E-state index contributed by atoms with van der Waals surface area (Å²) in [5, 5.41) is 4.82. The third-order valence-electron chi connectivity index (χ3n) is 4.98. The van der Waals surface area contributed by atoms with E-state index in [1.54, 1.807) is 0 Å². The number of amides is 2. The van der Waals surface area contributed by atoms with Crippen molar-refractivity contribution in [1.82, 2.24) is 5.32 Å². The second-order valence-corrected chi connectivity index (χ2v) is 7.44.